The zero-order chi connectivity index (χ0) is 32.3. The maximum atomic E-state index is 12.8. The summed E-state index contributed by atoms with van der Waals surface area (Å²) in [6.07, 6.45) is 2.86. The quantitative estimate of drug-likeness (QED) is 0.157. The monoisotopic (exact) mass is 628 g/mol. The van der Waals surface area contributed by atoms with Crippen molar-refractivity contribution in [1.29, 1.82) is 0 Å². The van der Waals surface area contributed by atoms with Crippen LogP contribution in [0.3, 0.4) is 0 Å². The van der Waals surface area contributed by atoms with Gasteiger partial charge in [0.1, 0.15) is 41.3 Å². The second-order valence-electron chi connectivity index (χ2n) is 10.7. The van der Waals surface area contributed by atoms with Gasteiger partial charge in [0.05, 0.1) is 5.69 Å². The smallest absolute Gasteiger partial charge is 0.406 e. The number of aliphatic imine (C=N–C) groups is 1. The van der Waals surface area contributed by atoms with Crippen LogP contribution in [0.1, 0.15) is 24.8 Å². The van der Waals surface area contributed by atoms with Gasteiger partial charge in [0.25, 0.3) is 0 Å². The third-order valence-electron chi connectivity index (χ3n) is 7.67. The predicted molar refractivity (Wildman–Crippen MR) is 173 cm³/mol. The van der Waals surface area contributed by atoms with Gasteiger partial charge in [-0.25, -0.2) is 19.9 Å². The first kappa shape index (κ1) is 30.7. The van der Waals surface area contributed by atoms with E-state index >= 15 is 0 Å². The van der Waals surface area contributed by atoms with Crippen LogP contribution in [0.25, 0.3) is 22.0 Å². The van der Waals surface area contributed by atoms with Crippen LogP contribution in [0.2, 0.25) is 0 Å². The summed E-state index contributed by atoms with van der Waals surface area (Å²) in [5, 5.41) is 8.18. The Morgan fingerprint density at radius 2 is 1.80 bits per heavy atom. The van der Waals surface area contributed by atoms with E-state index in [0.717, 1.165) is 41.3 Å². The Bertz CT molecular complexity index is 1880. The topological polar surface area (TPSA) is 110 Å². The van der Waals surface area contributed by atoms with Crippen molar-refractivity contribution < 1.29 is 22.6 Å². The summed E-state index contributed by atoms with van der Waals surface area (Å²) in [7, 11) is 1.93. The van der Waals surface area contributed by atoms with Crippen LogP contribution < -0.4 is 20.3 Å². The number of aryl methyl sites for hydroxylation is 1. The molecule has 1 saturated heterocycles. The SMILES string of the molecule is C=Nc1c(-c2cccnc2Nc2c(C)ccc3c(Nc4cccc(OC(F)(F)F)c4)nccc23)ncnc1N(C)C1CCCCO1. The second-order valence-corrected chi connectivity index (χ2v) is 10.7. The average Bonchev–Trinajstić information content (AvgIpc) is 3.05. The number of pyridine rings is 2. The summed E-state index contributed by atoms with van der Waals surface area (Å²) < 4.78 is 48.4. The summed E-state index contributed by atoms with van der Waals surface area (Å²) in [6.45, 7) is 6.48. The minimum absolute atomic E-state index is 0.127. The fraction of sp³-hybridized carbons (Fsp3) is 0.242. The molecule has 0 saturated carbocycles. The van der Waals surface area contributed by atoms with E-state index in [-0.39, 0.29) is 12.0 Å². The molecule has 1 aliphatic rings. The first-order valence-corrected chi connectivity index (χ1v) is 14.6. The minimum atomic E-state index is -4.80. The maximum absolute atomic E-state index is 12.8. The molecule has 0 aliphatic carbocycles. The van der Waals surface area contributed by atoms with Crippen LogP contribution in [-0.4, -0.2) is 52.9 Å². The molecule has 2 aromatic carbocycles. The predicted octanol–water partition coefficient (Wildman–Crippen LogP) is 8.08. The number of alkyl halides is 3. The molecule has 0 radical (unpaired) electrons. The Morgan fingerprint density at radius 1 is 0.957 bits per heavy atom. The molecular weight excluding hydrogens is 597 g/mol. The Morgan fingerprint density at radius 3 is 2.59 bits per heavy atom. The number of hydrogen-bond acceptors (Lipinski definition) is 10. The lowest BCUT2D eigenvalue weighted by Crippen LogP contribution is -2.37. The number of anilines is 5. The minimum Gasteiger partial charge on any atom is -0.406 e. The van der Waals surface area contributed by atoms with Crippen molar-refractivity contribution in [3.05, 3.63) is 78.9 Å². The number of rotatable bonds is 9. The molecule has 3 aromatic heterocycles. The molecule has 1 aliphatic heterocycles. The van der Waals surface area contributed by atoms with Gasteiger partial charge in [-0.3, -0.25) is 4.99 Å². The molecule has 1 atom stereocenters. The summed E-state index contributed by atoms with van der Waals surface area (Å²) in [5.41, 5.74) is 3.85. The fourth-order valence-electron chi connectivity index (χ4n) is 5.49. The molecule has 10 nitrogen and oxygen atoms in total. The summed E-state index contributed by atoms with van der Waals surface area (Å²) in [4.78, 5) is 24.6. The first-order chi connectivity index (χ1) is 22.2. The van der Waals surface area contributed by atoms with E-state index < -0.39 is 6.36 Å². The summed E-state index contributed by atoms with van der Waals surface area (Å²) >= 11 is 0. The standard InChI is InChI=1S/C33H31F3N8O2/c1-20-12-13-24-23(14-16-39-30(24)42-21-8-6-9-22(18-21)46-33(34,35)36)27(20)43-31-25(10-7-15-38-31)28-29(37-2)32(41-19-40-28)44(3)26-11-4-5-17-45-26/h6-10,12-16,18-19,26H,2,4-5,11,17H2,1,3H3,(H,38,43)(H,39,42). The number of hydrogen-bond donors (Lipinski definition) is 2. The highest BCUT2D eigenvalue weighted by atomic mass is 19.4. The Labute approximate surface area is 263 Å². The molecule has 13 heteroatoms. The van der Waals surface area contributed by atoms with Crippen LogP contribution in [0, 0.1) is 6.92 Å². The fourth-order valence-corrected chi connectivity index (χ4v) is 5.49. The summed E-state index contributed by atoms with van der Waals surface area (Å²) in [6, 6.07) is 15.0. The van der Waals surface area contributed by atoms with E-state index in [9.17, 15) is 13.2 Å². The van der Waals surface area contributed by atoms with Gasteiger partial charge < -0.3 is 25.0 Å². The molecule has 1 fully saturated rings. The van der Waals surface area contributed by atoms with Gasteiger partial charge in [-0.05, 0) is 68.8 Å². The normalized spacial score (nSPS) is 14.9. The van der Waals surface area contributed by atoms with Crippen molar-refractivity contribution in [2.24, 2.45) is 4.99 Å². The van der Waals surface area contributed by atoms with E-state index in [1.807, 2.05) is 49.2 Å². The number of ether oxygens (including phenoxy) is 2. The molecule has 4 heterocycles. The third-order valence-corrected chi connectivity index (χ3v) is 7.67. The highest BCUT2D eigenvalue weighted by molar-refractivity contribution is 6.03. The lowest BCUT2D eigenvalue weighted by atomic mass is 10.0. The lowest BCUT2D eigenvalue weighted by molar-refractivity contribution is -0.274. The number of aromatic nitrogens is 4. The van der Waals surface area contributed by atoms with Gasteiger partial charge in [0.2, 0.25) is 0 Å². The zero-order valence-electron chi connectivity index (χ0n) is 25.2. The molecule has 1 unspecified atom stereocenters. The number of benzene rings is 2. The number of fused-ring (bicyclic) bond motifs is 1. The van der Waals surface area contributed by atoms with Crippen LogP contribution in [0.4, 0.5) is 47.7 Å². The lowest BCUT2D eigenvalue weighted by Gasteiger charge is -2.32. The van der Waals surface area contributed by atoms with Crippen LogP contribution in [0.15, 0.2) is 78.3 Å². The van der Waals surface area contributed by atoms with Crippen LogP contribution in [0.5, 0.6) is 5.75 Å². The number of nitrogens with zero attached hydrogens (tertiary/aromatic N) is 6. The molecule has 0 amide bonds. The first-order valence-electron chi connectivity index (χ1n) is 14.6. The molecule has 236 valence electrons. The van der Waals surface area contributed by atoms with Gasteiger partial charge in [0, 0.05) is 54.1 Å². The van der Waals surface area contributed by atoms with Crippen molar-refractivity contribution >= 4 is 52.0 Å². The molecule has 6 rings (SSSR count). The third kappa shape index (κ3) is 6.54. The molecule has 0 bridgehead atoms. The molecule has 2 N–H and O–H groups in total. The van der Waals surface area contributed by atoms with Crippen molar-refractivity contribution in [3.63, 3.8) is 0 Å². The van der Waals surface area contributed by atoms with Crippen LogP contribution in [-0.2, 0) is 4.74 Å². The second kappa shape index (κ2) is 13.0. The molecule has 5 aromatic rings. The highest BCUT2D eigenvalue weighted by Gasteiger charge is 2.31. The molecule has 0 spiro atoms. The Balaban J connectivity index is 1.36. The largest absolute Gasteiger partial charge is 0.573 e. The highest BCUT2D eigenvalue weighted by Crippen LogP contribution is 2.41. The van der Waals surface area contributed by atoms with Crippen molar-refractivity contribution in [3.8, 4) is 17.0 Å². The zero-order valence-corrected chi connectivity index (χ0v) is 25.2. The number of nitrogens with one attached hydrogen (secondary N) is 2. The van der Waals surface area contributed by atoms with Gasteiger partial charge in [-0.15, -0.1) is 13.2 Å². The Hall–Kier alpha value is -5.30. The van der Waals surface area contributed by atoms with E-state index in [2.05, 4.69) is 47.0 Å². The van der Waals surface area contributed by atoms with Gasteiger partial charge in [0.15, 0.2) is 5.82 Å². The van der Waals surface area contributed by atoms with E-state index in [0.29, 0.717) is 46.7 Å². The van der Waals surface area contributed by atoms with Gasteiger partial charge >= 0.3 is 6.36 Å². The van der Waals surface area contributed by atoms with Crippen molar-refractivity contribution in [2.45, 2.75) is 38.8 Å². The van der Waals surface area contributed by atoms with Crippen molar-refractivity contribution in [1.82, 2.24) is 19.9 Å². The summed E-state index contributed by atoms with van der Waals surface area (Å²) in [5.74, 6) is 1.26. The number of halogens is 3. The van der Waals surface area contributed by atoms with E-state index in [1.165, 1.54) is 24.5 Å². The molecule has 46 heavy (non-hydrogen) atoms. The van der Waals surface area contributed by atoms with E-state index in [1.54, 1.807) is 18.5 Å². The van der Waals surface area contributed by atoms with E-state index in [4.69, 9.17) is 4.74 Å². The Kier molecular flexibility index (Phi) is 8.66. The van der Waals surface area contributed by atoms with Gasteiger partial charge in [-0.1, -0.05) is 18.2 Å². The van der Waals surface area contributed by atoms with Gasteiger partial charge in [-0.2, -0.15) is 0 Å². The van der Waals surface area contributed by atoms with Crippen molar-refractivity contribution in [2.75, 3.05) is 29.2 Å². The molecular formula is C33H31F3N8O2. The van der Waals surface area contributed by atoms with Crippen LogP contribution >= 0.6 is 0 Å². The maximum Gasteiger partial charge on any atom is 0.573 e. The average molecular weight is 629 g/mol.